The number of hydrogen-bond donors (Lipinski definition) is 0. The Hall–Kier alpha value is -3.26. The van der Waals surface area contributed by atoms with Gasteiger partial charge in [0.1, 0.15) is 23.1 Å². The van der Waals surface area contributed by atoms with Gasteiger partial charge in [-0.2, -0.15) is 0 Å². The number of anilines is 1. The van der Waals surface area contributed by atoms with Crippen LogP contribution in [0.1, 0.15) is 12.5 Å². The number of halogens is 2. The number of hydrogen-bond acceptors (Lipinski definition) is 5. The first-order valence-corrected chi connectivity index (χ1v) is 9.65. The number of nitrogens with zero attached hydrogens (tertiary/aromatic N) is 2. The van der Waals surface area contributed by atoms with Crippen molar-refractivity contribution in [3.8, 4) is 5.75 Å². The van der Waals surface area contributed by atoms with Crippen molar-refractivity contribution in [2.24, 2.45) is 0 Å². The van der Waals surface area contributed by atoms with Crippen LogP contribution < -0.4 is 9.64 Å². The van der Waals surface area contributed by atoms with Gasteiger partial charge in [0, 0.05) is 19.2 Å². The minimum atomic E-state index is -0.981. The van der Waals surface area contributed by atoms with Crippen LogP contribution in [-0.4, -0.2) is 49.6 Å². The third kappa shape index (κ3) is 3.54. The molecule has 0 radical (unpaired) electrons. The maximum Gasteiger partial charge on any atom is 0.282 e. The molecule has 1 fully saturated rings. The predicted molar refractivity (Wildman–Crippen MR) is 106 cm³/mol. The van der Waals surface area contributed by atoms with Gasteiger partial charge in [-0.25, -0.2) is 13.7 Å². The fourth-order valence-electron chi connectivity index (χ4n) is 3.62. The Labute approximate surface area is 172 Å². The molecule has 2 heterocycles. The molecule has 2 aromatic carbocycles. The number of amides is 2. The van der Waals surface area contributed by atoms with Crippen molar-refractivity contribution in [1.82, 2.24) is 4.90 Å². The largest absolute Gasteiger partial charge is 0.494 e. The highest BCUT2D eigenvalue weighted by Crippen LogP contribution is 2.36. The molecule has 8 heteroatoms. The Morgan fingerprint density at radius 1 is 1.00 bits per heavy atom. The van der Waals surface area contributed by atoms with Crippen molar-refractivity contribution in [1.29, 1.82) is 0 Å². The van der Waals surface area contributed by atoms with Gasteiger partial charge in [0.25, 0.3) is 11.8 Å². The van der Waals surface area contributed by atoms with Crippen LogP contribution in [0.25, 0.3) is 5.57 Å². The smallest absolute Gasteiger partial charge is 0.282 e. The van der Waals surface area contributed by atoms with Gasteiger partial charge in [0.05, 0.1) is 31.1 Å². The van der Waals surface area contributed by atoms with Crippen LogP contribution in [0.3, 0.4) is 0 Å². The quantitative estimate of drug-likeness (QED) is 0.704. The summed E-state index contributed by atoms with van der Waals surface area (Å²) in [7, 11) is 0. The molecule has 4 rings (SSSR count). The van der Waals surface area contributed by atoms with E-state index in [2.05, 4.69) is 0 Å². The van der Waals surface area contributed by atoms with E-state index in [-0.39, 0.29) is 17.0 Å². The lowest BCUT2D eigenvalue weighted by atomic mass is 10.0. The topological polar surface area (TPSA) is 59.1 Å². The maximum absolute atomic E-state index is 14.4. The van der Waals surface area contributed by atoms with E-state index >= 15 is 0 Å². The summed E-state index contributed by atoms with van der Waals surface area (Å²) in [5.74, 6) is -2.44. The molecular formula is C22H20F2N2O4. The zero-order chi connectivity index (χ0) is 21.3. The van der Waals surface area contributed by atoms with Crippen LogP contribution in [-0.2, 0) is 14.3 Å². The summed E-state index contributed by atoms with van der Waals surface area (Å²) < 4.78 is 38.6. The van der Waals surface area contributed by atoms with Crippen LogP contribution in [0.4, 0.5) is 14.5 Å². The summed E-state index contributed by atoms with van der Waals surface area (Å²) in [5.41, 5.74) is 0.603. The van der Waals surface area contributed by atoms with Gasteiger partial charge in [-0.15, -0.1) is 0 Å². The van der Waals surface area contributed by atoms with Gasteiger partial charge in [-0.3, -0.25) is 9.59 Å². The van der Waals surface area contributed by atoms with E-state index in [0.717, 1.165) is 17.0 Å². The van der Waals surface area contributed by atoms with E-state index < -0.39 is 23.4 Å². The number of carbonyl (C=O) groups excluding carboxylic acids is 2. The second kappa shape index (κ2) is 8.23. The summed E-state index contributed by atoms with van der Waals surface area (Å²) >= 11 is 0. The molecule has 156 valence electrons. The highest BCUT2D eigenvalue weighted by molar-refractivity contribution is 6.45. The number of morpholine rings is 1. The van der Waals surface area contributed by atoms with Crippen molar-refractivity contribution >= 4 is 23.1 Å². The molecule has 0 atom stereocenters. The van der Waals surface area contributed by atoms with E-state index in [1.54, 1.807) is 29.2 Å². The van der Waals surface area contributed by atoms with Crippen LogP contribution in [0, 0.1) is 11.6 Å². The molecule has 0 bridgehead atoms. The Morgan fingerprint density at radius 2 is 1.70 bits per heavy atom. The Bertz CT molecular complexity index is 1010. The number of rotatable bonds is 5. The lowest BCUT2D eigenvalue weighted by molar-refractivity contribution is -0.121. The van der Waals surface area contributed by atoms with Crippen molar-refractivity contribution in [2.45, 2.75) is 6.92 Å². The minimum Gasteiger partial charge on any atom is -0.494 e. The van der Waals surface area contributed by atoms with Gasteiger partial charge in [-0.1, -0.05) is 12.1 Å². The molecule has 2 amide bonds. The van der Waals surface area contributed by atoms with Gasteiger partial charge in [0.2, 0.25) is 0 Å². The molecular weight excluding hydrogens is 394 g/mol. The van der Waals surface area contributed by atoms with Gasteiger partial charge >= 0.3 is 0 Å². The molecule has 30 heavy (non-hydrogen) atoms. The Morgan fingerprint density at radius 3 is 2.33 bits per heavy atom. The molecule has 0 spiro atoms. The van der Waals surface area contributed by atoms with Crippen LogP contribution in [0.2, 0.25) is 0 Å². The molecule has 1 saturated heterocycles. The molecule has 0 aromatic heterocycles. The van der Waals surface area contributed by atoms with Crippen molar-refractivity contribution in [3.05, 3.63) is 65.4 Å². The molecule has 2 aromatic rings. The van der Waals surface area contributed by atoms with Crippen LogP contribution >= 0.6 is 0 Å². The van der Waals surface area contributed by atoms with E-state index in [9.17, 15) is 18.4 Å². The average Bonchev–Trinajstić information content (AvgIpc) is 3.00. The Balaban J connectivity index is 1.80. The summed E-state index contributed by atoms with van der Waals surface area (Å²) in [6.45, 7) is 4.03. The molecule has 2 aliphatic heterocycles. The monoisotopic (exact) mass is 414 g/mol. The summed E-state index contributed by atoms with van der Waals surface area (Å²) in [6, 6.07) is 9.57. The first-order chi connectivity index (χ1) is 14.5. The highest BCUT2D eigenvalue weighted by Gasteiger charge is 2.43. The van der Waals surface area contributed by atoms with Crippen molar-refractivity contribution in [2.75, 3.05) is 37.8 Å². The second-order valence-corrected chi connectivity index (χ2v) is 6.82. The lowest BCUT2D eigenvalue weighted by Gasteiger charge is -2.29. The normalized spacial score (nSPS) is 17.2. The zero-order valence-corrected chi connectivity index (χ0v) is 16.4. The fraction of sp³-hybridized carbons (Fsp3) is 0.273. The first-order valence-electron chi connectivity index (χ1n) is 9.65. The molecule has 0 unspecified atom stereocenters. The van der Waals surface area contributed by atoms with Crippen molar-refractivity contribution in [3.63, 3.8) is 0 Å². The SMILES string of the molecule is CCOc1ccc(C2=C(N3CCOCC3)C(=O)N(c3ccc(F)cc3F)C2=O)cc1. The third-order valence-corrected chi connectivity index (χ3v) is 4.99. The van der Waals surface area contributed by atoms with E-state index in [0.29, 0.717) is 50.3 Å². The second-order valence-electron chi connectivity index (χ2n) is 6.82. The molecule has 0 N–H and O–H groups in total. The Kier molecular flexibility index (Phi) is 5.50. The number of benzene rings is 2. The lowest BCUT2D eigenvalue weighted by Crippen LogP contribution is -2.40. The molecule has 0 saturated carbocycles. The van der Waals surface area contributed by atoms with E-state index in [1.807, 2.05) is 6.92 Å². The van der Waals surface area contributed by atoms with Crippen molar-refractivity contribution < 1.29 is 27.8 Å². The number of ether oxygens (including phenoxy) is 2. The first kappa shape index (κ1) is 20.0. The van der Waals surface area contributed by atoms with E-state index in [1.165, 1.54) is 0 Å². The maximum atomic E-state index is 14.4. The van der Waals surface area contributed by atoms with Gasteiger partial charge in [0.15, 0.2) is 0 Å². The molecule has 6 nitrogen and oxygen atoms in total. The summed E-state index contributed by atoms with van der Waals surface area (Å²) in [4.78, 5) is 29.1. The average molecular weight is 414 g/mol. The highest BCUT2D eigenvalue weighted by atomic mass is 19.1. The standard InChI is InChI=1S/C22H20F2N2O4/c1-2-30-16-6-3-14(4-7-16)19-20(25-9-11-29-12-10-25)22(28)26(21(19)27)18-8-5-15(23)13-17(18)24/h3-8,13H,2,9-12H2,1H3. The van der Waals surface area contributed by atoms with Crippen LogP contribution in [0.5, 0.6) is 5.75 Å². The third-order valence-electron chi connectivity index (χ3n) is 4.99. The number of imide groups is 1. The van der Waals surface area contributed by atoms with Gasteiger partial charge in [-0.05, 0) is 36.8 Å². The predicted octanol–water partition coefficient (Wildman–Crippen LogP) is 2.98. The summed E-state index contributed by atoms with van der Waals surface area (Å²) in [6.07, 6.45) is 0. The summed E-state index contributed by atoms with van der Waals surface area (Å²) in [5, 5.41) is 0. The molecule has 0 aliphatic carbocycles. The van der Waals surface area contributed by atoms with Crippen LogP contribution in [0.15, 0.2) is 48.2 Å². The van der Waals surface area contributed by atoms with Gasteiger partial charge < -0.3 is 14.4 Å². The molecule has 2 aliphatic rings. The minimum absolute atomic E-state index is 0.175. The zero-order valence-electron chi connectivity index (χ0n) is 16.4. The number of carbonyl (C=O) groups is 2. The van der Waals surface area contributed by atoms with E-state index in [4.69, 9.17) is 9.47 Å². The fourth-order valence-corrected chi connectivity index (χ4v) is 3.62.